The summed E-state index contributed by atoms with van der Waals surface area (Å²) in [4.78, 5) is 33.4. The highest BCUT2D eigenvalue weighted by molar-refractivity contribution is 5.88. The highest BCUT2D eigenvalue weighted by Crippen LogP contribution is 2.07. The number of methoxy groups -OCH3 is 1. The molecule has 0 aliphatic heterocycles. The number of hydrogen-bond acceptors (Lipinski definition) is 4. The Morgan fingerprint density at radius 3 is 2.35 bits per heavy atom. The fourth-order valence-corrected chi connectivity index (χ4v) is 1.61. The van der Waals surface area contributed by atoms with Crippen molar-refractivity contribution in [3.8, 4) is 0 Å². The molecule has 1 aromatic rings. The molecule has 108 valence electrons. The third-order valence-corrected chi connectivity index (χ3v) is 2.59. The summed E-state index contributed by atoms with van der Waals surface area (Å²) in [5.74, 6) is -2.15. The molecule has 20 heavy (non-hydrogen) atoms. The zero-order chi connectivity index (χ0) is 15.1. The first-order valence-corrected chi connectivity index (χ1v) is 5.84. The zero-order valence-electron chi connectivity index (χ0n) is 11.0. The van der Waals surface area contributed by atoms with Gasteiger partial charge in [0.2, 0.25) is 11.8 Å². The van der Waals surface area contributed by atoms with Crippen LogP contribution in [0.4, 0.5) is 0 Å². The topological polar surface area (TPSA) is 119 Å². The molecule has 0 aliphatic rings. The van der Waals surface area contributed by atoms with Crippen LogP contribution in [0.15, 0.2) is 24.3 Å². The van der Waals surface area contributed by atoms with Gasteiger partial charge in [0, 0.05) is 13.5 Å². The number of carbonyl (C=O) groups excluding carboxylic acids is 2. The second kappa shape index (κ2) is 7.25. The highest BCUT2D eigenvalue weighted by Gasteiger charge is 2.18. The monoisotopic (exact) mass is 280 g/mol. The predicted molar refractivity (Wildman–Crippen MR) is 70.1 cm³/mol. The highest BCUT2D eigenvalue weighted by atomic mass is 16.5. The first-order valence-electron chi connectivity index (χ1n) is 5.84. The Bertz CT molecular complexity index is 498. The Balaban J connectivity index is 2.72. The number of carbonyl (C=O) groups is 3. The second-order valence-electron chi connectivity index (χ2n) is 4.16. The number of ether oxygens (including phenoxy) is 1. The largest absolute Gasteiger partial charge is 0.478 e. The van der Waals surface area contributed by atoms with E-state index in [9.17, 15) is 14.4 Å². The van der Waals surface area contributed by atoms with Crippen LogP contribution in [0.2, 0.25) is 0 Å². The molecule has 7 nitrogen and oxygen atoms in total. The average Bonchev–Trinajstić information content (AvgIpc) is 2.38. The lowest BCUT2D eigenvalue weighted by molar-refractivity contribution is -0.129. The van der Waals surface area contributed by atoms with Gasteiger partial charge in [-0.3, -0.25) is 9.59 Å². The number of carboxylic acids is 1. The maximum Gasteiger partial charge on any atom is 0.335 e. The first-order chi connectivity index (χ1) is 9.43. The fourth-order valence-electron chi connectivity index (χ4n) is 1.61. The molecule has 0 spiro atoms. The van der Waals surface area contributed by atoms with Gasteiger partial charge < -0.3 is 20.9 Å². The van der Waals surface area contributed by atoms with Crippen LogP contribution in [0.3, 0.4) is 0 Å². The predicted octanol–water partition coefficient (Wildman–Crippen LogP) is -0.456. The molecule has 1 atom stereocenters. The summed E-state index contributed by atoms with van der Waals surface area (Å²) in [6.45, 7) is -0.165. The van der Waals surface area contributed by atoms with Crippen LogP contribution in [-0.2, 0) is 20.7 Å². The molecule has 2 amide bonds. The molecule has 0 bridgehead atoms. The lowest BCUT2D eigenvalue weighted by Gasteiger charge is -2.15. The van der Waals surface area contributed by atoms with E-state index >= 15 is 0 Å². The minimum Gasteiger partial charge on any atom is -0.478 e. The van der Waals surface area contributed by atoms with Crippen molar-refractivity contribution in [3.63, 3.8) is 0 Å². The van der Waals surface area contributed by atoms with Crippen LogP contribution in [0.1, 0.15) is 15.9 Å². The number of nitrogens with one attached hydrogen (secondary N) is 1. The van der Waals surface area contributed by atoms with E-state index in [1.54, 1.807) is 12.1 Å². The third-order valence-electron chi connectivity index (χ3n) is 2.59. The number of carboxylic acid groups (broad SMARTS) is 1. The second-order valence-corrected chi connectivity index (χ2v) is 4.16. The van der Waals surface area contributed by atoms with Crippen molar-refractivity contribution in [3.05, 3.63) is 35.4 Å². The summed E-state index contributed by atoms with van der Waals surface area (Å²) in [5, 5.41) is 11.2. The summed E-state index contributed by atoms with van der Waals surface area (Å²) in [6.07, 6.45) is 0.185. The lowest BCUT2D eigenvalue weighted by Crippen LogP contribution is -2.47. The Labute approximate surface area is 115 Å². The molecule has 0 radical (unpaired) electrons. The minimum atomic E-state index is -1.03. The van der Waals surface area contributed by atoms with Crippen LogP contribution in [0, 0.1) is 0 Å². The summed E-state index contributed by atoms with van der Waals surface area (Å²) >= 11 is 0. The Kier molecular flexibility index (Phi) is 5.67. The SMILES string of the molecule is COCC(=O)N[C@H](Cc1ccc(C(=O)O)cc1)C(N)=O. The maximum atomic E-state index is 11.4. The van der Waals surface area contributed by atoms with Gasteiger partial charge in [-0.05, 0) is 17.7 Å². The van der Waals surface area contributed by atoms with Gasteiger partial charge in [-0.25, -0.2) is 4.79 Å². The molecule has 1 rings (SSSR count). The number of benzene rings is 1. The lowest BCUT2D eigenvalue weighted by atomic mass is 10.0. The molecule has 0 unspecified atom stereocenters. The van der Waals surface area contributed by atoms with Gasteiger partial charge in [-0.15, -0.1) is 0 Å². The number of nitrogens with two attached hydrogens (primary N) is 1. The molecule has 0 saturated heterocycles. The molecule has 1 aromatic carbocycles. The van der Waals surface area contributed by atoms with E-state index in [1.165, 1.54) is 19.2 Å². The molecular formula is C13H16N2O5. The minimum absolute atomic E-state index is 0.146. The van der Waals surface area contributed by atoms with E-state index in [1.807, 2.05) is 0 Å². The van der Waals surface area contributed by atoms with Crippen LogP contribution >= 0.6 is 0 Å². The van der Waals surface area contributed by atoms with Crippen molar-refractivity contribution in [1.82, 2.24) is 5.32 Å². The summed E-state index contributed by atoms with van der Waals surface area (Å²) in [5.41, 5.74) is 6.06. The van der Waals surface area contributed by atoms with E-state index in [0.29, 0.717) is 5.56 Å². The molecular weight excluding hydrogens is 264 g/mol. The van der Waals surface area contributed by atoms with Gasteiger partial charge in [0.1, 0.15) is 12.6 Å². The zero-order valence-corrected chi connectivity index (χ0v) is 11.0. The Morgan fingerprint density at radius 1 is 1.30 bits per heavy atom. The molecule has 0 aliphatic carbocycles. The van der Waals surface area contributed by atoms with E-state index in [2.05, 4.69) is 10.1 Å². The third kappa shape index (κ3) is 4.69. The van der Waals surface area contributed by atoms with E-state index in [-0.39, 0.29) is 18.6 Å². The molecule has 7 heteroatoms. The van der Waals surface area contributed by atoms with Gasteiger partial charge in [0.25, 0.3) is 0 Å². The van der Waals surface area contributed by atoms with E-state index in [4.69, 9.17) is 10.8 Å². The Hall–Kier alpha value is -2.41. The van der Waals surface area contributed by atoms with Crippen molar-refractivity contribution < 1.29 is 24.2 Å². The Morgan fingerprint density at radius 2 is 1.90 bits per heavy atom. The van der Waals surface area contributed by atoms with Gasteiger partial charge in [-0.1, -0.05) is 12.1 Å². The fraction of sp³-hybridized carbons (Fsp3) is 0.308. The van der Waals surface area contributed by atoms with Crippen molar-refractivity contribution in [1.29, 1.82) is 0 Å². The van der Waals surface area contributed by atoms with Gasteiger partial charge in [-0.2, -0.15) is 0 Å². The van der Waals surface area contributed by atoms with Crippen molar-refractivity contribution in [2.24, 2.45) is 5.73 Å². The van der Waals surface area contributed by atoms with Crippen LogP contribution < -0.4 is 11.1 Å². The van der Waals surface area contributed by atoms with Crippen molar-refractivity contribution in [2.75, 3.05) is 13.7 Å². The number of aromatic carboxylic acids is 1. The van der Waals surface area contributed by atoms with E-state index < -0.39 is 23.8 Å². The van der Waals surface area contributed by atoms with Gasteiger partial charge in [0.15, 0.2) is 0 Å². The number of primary amides is 1. The smallest absolute Gasteiger partial charge is 0.335 e. The maximum absolute atomic E-state index is 11.4. The van der Waals surface area contributed by atoms with Crippen molar-refractivity contribution >= 4 is 17.8 Å². The number of hydrogen-bond donors (Lipinski definition) is 3. The first kappa shape index (κ1) is 15.6. The van der Waals surface area contributed by atoms with E-state index in [0.717, 1.165) is 0 Å². The van der Waals surface area contributed by atoms with Gasteiger partial charge >= 0.3 is 5.97 Å². The molecule has 0 heterocycles. The molecule has 0 fully saturated rings. The molecule has 0 saturated carbocycles. The summed E-state index contributed by atoms with van der Waals surface area (Å²) in [6, 6.07) is 5.12. The number of amides is 2. The summed E-state index contributed by atoms with van der Waals surface area (Å²) < 4.78 is 4.65. The average molecular weight is 280 g/mol. The van der Waals surface area contributed by atoms with Crippen molar-refractivity contribution in [2.45, 2.75) is 12.5 Å². The van der Waals surface area contributed by atoms with Crippen LogP contribution in [0.5, 0.6) is 0 Å². The van der Waals surface area contributed by atoms with Crippen LogP contribution in [-0.4, -0.2) is 42.6 Å². The van der Waals surface area contributed by atoms with Gasteiger partial charge in [0.05, 0.1) is 5.56 Å². The quantitative estimate of drug-likeness (QED) is 0.624. The van der Waals surface area contributed by atoms with Crippen LogP contribution in [0.25, 0.3) is 0 Å². The normalized spacial score (nSPS) is 11.7. The summed E-state index contributed by atoms with van der Waals surface area (Å²) in [7, 11) is 1.36. The molecule has 4 N–H and O–H groups in total. The number of rotatable bonds is 7. The molecule has 0 aromatic heterocycles. The standard InChI is InChI=1S/C13H16N2O5/c1-20-7-11(16)15-10(12(14)17)6-8-2-4-9(5-3-8)13(18)19/h2-5,10H,6-7H2,1H3,(H2,14,17)(H,15,16)(H,18,19)/t10-/m1/s1.